The fourth-order valence-corrected chi connectivity index (χ4v) is 4.10. The third-order valence-corrected chi connectivity index (χ3v) is 5.90. The Bertz CT molecular complexity index is 1210. The molecule has 0 spiro atoms. The molecule has 7 nitrogen and oxygen atoms in total. The summed E-state index contributed by atoms with van der Waals surface area (Å²) in [6, 6.07) is 17.4. The third-order valence-electron chi connectivity index (χ3n) is 4.99. The largest absolute Gasteiger partial charge is 0.497 e. The fraction of sp³-hybridized carbons (Fsp3) is 0.167. The summed E-state index contributed by atoms with van der Waals surface area (Å²) in [5, 5.41) is 9.32. The lowest BCUT2D eigenvalue weighted by Gasteiger charge is -2.17. The van der Waals surface area contributed by atoms with Crippen molar-refractivity contribution in [3.05, 3.63) is 84.4 Å². The summed E-state index contributed by atoms with van der Waals surface area (Å²) in [5.41, 5.74) is 2.57. The Hall–Kier alpha value is -3.72. The number of benzene rings is 2. The standard InChI is InChI=1S/C24H22FN5O2S/c1-29(15-17-3-5-19(25)6-4-17)22(31)16-33-24-28-27-23(18-11-13-26-14-12-18)30(24)20-7-9-21(32-2)10-8-20/h3-14H,15-16H2,1-2H3. The molecule has 0 aliphatic heterocycles. The summed E-state index contributed by atoms with van der Waals surface area (Å²) >= 11 is 1.31. The first-order valence-electron chi connectivity index (χ1n) is 10.2. The maximum Gasteiger partial charge on any atom is 0.233 e. The molecular formula is C24H22FN5O2S. The van der Waals surface area contributed by atoms with Crippen molar-refractivity contribution >= 4 is 17.7 Å². The van der Waals surface area contributed by atoms with Gasteiger partial charge in [-0.2, -0.15) is 0 Å². The molecule has 0 bridgehead atoms. The van der Waals surface area contributed by atoms with Crippen LogP contribution in [-0.4, -0.2) is 50.5 Å². The molecule has 4 aromatic rings. The van der Waals surface area contributed by atoms with Gasteiger partial charge in [-0.05, 0) is 54.1 Å². The van der Waals surface area contributed by atoms with Crippen molar-refractivity contribution in [3.63, 3.8) is 0 Å². The van der Waals surface area contributed by atoms with Gasteiger partial charge >= 0.3 is 0 Å². The van der Waals surface area contributed by atoms with E-state index in [0.717, 1.165) is 22.6 Å². The van der Waals surface area contributed by atoms with Crippen LogP contribution in [0.1, 0.15) is 5.56 Å². The van der Waals surface area contributed by atoms with E-state index in [1.54, 1.807) is 43.6 Å². The van der Waals surface area contributed by atoms with Gasteiger partial charge in [0.2, 0.25) is 5.91 Å². The Morgan fingerprint density at radius 2 is 1.73 bits per heavy atom. The van der Waals surface area contributed by atoms with Gasteiger partial charge in [0.05, 0.1) is 12.9 Å². The van der Waals surface area contributed by atoms with Gasteiger partial charge < -0.3 is 9.64 Å². The number of hydrogen-bond donors (Lipinski definition) is 0. The van der Waals surface area contributed by atoms with Crippen molar-refractivity contribution in [3.8, 4) is 22.8 Å². The molecule has 0 radical (unpaired) electrons. The zero-order valence-corrected chi connectivity index (χ0v) is 19.0. The van der Waals surface area contributed by atoms with Crippen LogP contribution < -0.4 is 4.74 Å². The van der Waals surface area contributed by atoms with E-state index in [4.69, 9.17) is 4.74 Å². The van der Waals surface area contributed by atoms with Crippen molar-refractivity contribution in [2.24, 2.45) is 0 Å². The van der Waals surface area contributed by atoms with Crippen LogP contribution in [0.4, 0.5) is 4.39 Å². The van der Waals surface area contributed by atoms with Crippen molar-refractivity contribution in [2.45, 2.75) is 11.7 Å². The van der Waals surface area contributed by atoms with Gasteiger partial charge in [-0.3, -0.25) is 14.3 Å². The molecule has 2 heterocycles. The van der Waals surface area contributed by atoms with Crippen LogP contribution in [-0.2, 0) is 11.3 Å². The maximum absolute atomic E-state index is 13.1. The predicted molar refractivity (Wildman–Crippen MR) is 125 cm³/mol. The highest BCUT2D eigenvalue weighted by Gasteiger charge is 2.18. The molecule has 168 valence electrons. The zero-order valence-electron chi connectivity index (χ0n) is 18.2. The van der Waals surface area contributed by atoms with Crippen LogP contribution in [0, 0.1) is 5.82 Å². The molecule has 9 heteroatoms. The highest BCUT2D eigenvalue weighted by Crippen LogP contribution is 2.28. The lowest BCUT2D eigenvalue weighted by molar-refractivity contribution is -0.127. The Labute approximate surface area is 195 Å². The number of carbonyl (C=O) groups is 1. The fourth-order valence-electron chi connectivity index (χ4n) is 3.20. The minimum atomic E-state index is -0.300. The number of hydrogen-bond acceptors (Lipinski definition) is 6. The molecule has 0 saturated heterocycles. The summed E-state index contributed by atoms with van der Waals surface area (Å²) in [6.45, 7) is 0.396. The van der Waals surface area contributed by atoms with Crippen molar-refractivity contribution in [1.29, 1.82) is 0 Å². The number of halogens is 1. The highest BCUT2D eigenvalue weighted by molar-refractivity contribution is 7.99. The number of aromatic nitrogens is 4. The van der Waals surface area contributed by atoms with Crippen LogP contribution in [0.5, 0.6) is 5.75 Å². The Balaban J connectivity index is 1.55. The summed E-state index contributed by atoms with van der Waals surface area (Å²) in [4.78, 5) is 18.4. The SMILES string of the molecule is COc1ccc(-n2c(SCC(=O)N(C)Cc3ccc(F)cc3)nnc2-c2ccncc2)cc1. The summed E-state index contributed by atoms with van der Waals surface area (Å²) in [5.74, 6) is 1.20. The molecule has 2 aromatic heterocycles. The van der Waals surface area contributed by atoms with Crippen LogP contribution in [0.15, 0.2) is 78.2 Å². The molecule has 0 N–H and O–H groups in total. The number of nitrogens with zero attached hydrogens (tertiary/aromatic N) is 5. The molecule has 1 amide bonds. The van der Waals surface area contributed by atoms with Crippen molar-refractivity contribution in [1.82, 2.24) is 24.6 Å². The molecule has 33 heavy (non-hydrogen) atoms. The number of methoxy groups -OCH3 is 1. The van der Waals surface area contributed by atoms with Gasteiger partial charge in [-0.15, -0.1) is 10.2 Å². The predicted octanol–water partition coefficient (Wildman–Crippen LogP) is 4.23. The van der Waals surface area contributed by atoms with E-state index in [-0.39, 0.29) is 17.5 Å². The van der Waals surface area contributed by atoms with Crippen molar-refractivity contribution in [2.75, 3.05) is 19.9 Å². The number of rotatable bonds is 8. The average Bonchev–Trinajstić information content (AvgIpc) is 3.28. The maximum atomic E-state index is 13.1. The number of carbonyl (C=O) groups excluding carboxylic acids is 1. The van der Waals surface area contributed by atoms with E-state index in [1.807, 2.05) is 41.0 Å². The Kier molecular flexibility index (Phi) is 6.99. The first-order valence-corrected chi connectivity index (χ1v) is 11.1. The molecule has 0 unspecified atom stereocenters. The normalized spacial score (nSPS) is 10.8. The summed E-state index contributed by atoms with van der Waals surface area (Å²) in [6.07, 6.45) is 3.40. The minimum absolute atomic E-state index is 0.0703. The van der Waals surface area contributed by atoms with Crippen LogP contribution in [0.3, 0.4) is 0 Å². The lowest BCUT2D eigenvalue weighted by Crippen LogP contribution is -2.27. The van der Waals surface area contributed by atoms with E-state index in [1.165, 1.54) is 23.9 Å². The average molecular weight is 464 g/mol. The summed E-state index contributed by atoms with van der Waals surface area (Å²) in [7, 11) is 3.34. The molecule has 0 atom stereocenters. The van der Waals surface area contributed by atoms with Crippen LogP contribution >= 0.6 is 11.8 Å². The van der Waals surface area contributed by atoms with E-state index in [0.29, 0.717) is 17.5 Å². The topological polar surface area (TPSA) is 73.1 Å². The quantitative estimate of drug-likeness (QED) is 0.364. The number of pyridine rings is 1. The second kappa shape index (κ2) is 10.3. The summed E-state index contributed by atoms with van der Waals surface area (Å²) < 4.78 is 20.3. The van der Waals surface area contributed by atoms with Crippen LogP contribution in [0.25, 0.3) is 17.1 Å². The first kappa shape index (κ1) is 22.5. The minimum Gasteiger partial charge on any atom is -0.497 e. The Morgan fingerprint density at radius 1 is 1.03 bits per heavy atom. The number of thioether (sulfide) groups is 1. The monoisotopic (exact) mass is 463 g/mol. The van der Waals surface area contributed by atoms with E-state index in [9.17, 15) is 9.18 Å². The van der Waals surface area contributed by atoms with Gasteiger partial charge in [0.15, 0.2) is 11.0 Å². The smallest absolute Gasteiger partial charge is 0.233 e. The molecule has 0 fully saturated rings. The van der Waals surface area contributed by atoms with E-state index >= 15 is 0 Å². The van der Waals surface area contributed by atoms with E-state index < -0.39 is 0 Å². The van der Waals surface area contributed by atoms with Crippen LogP contribution in [0.2, 0.25) is 0 Å². The molecule has 4 rings (SSSR count). The molecule has 2 aromatic carbocycles. The van der Waals surface area contributed by atoms with Gasteiger partial charge in [0.25, 0.3) is 0 Å². The van der Waals surface area contributed by atoms with Gasteiger partial charge in [0.1, 0.15) is 11.6 Å². The Morgan fingerprint density at radius 3 is 2.39 bits per heavy atom. The van der Waals surface area contributed by atoms with Gasteiger partial charge in [-0.1, -0.05) is 23.9 Å². The first-order chi connectivity index (χ1) is 16.0. The number of amides is 1. The molecular weight excluding hydrogens is 441 g/mol. The second-order valence-corrected chi connectivity index (χ2v) is 8.18. The molecule has 0 saturated carbocycles. The lowest BCUT2D eigenvalue weighted by atomic mass is 10.2. The molecule has 0 aliphatic rings. The van der Waals surface area contributed by atoms with Crippen molar-refractivity contribution < 1.29 is 13.9 Å². The van der Waals surface area contributed by atoms with Gasteiger partial charge in [0, 0.05) is 37.2 Å². The highest BCUT2D eigenvalue weighted by atomic mass is 32.2. The second-order valence-electron chi connectivity index (χ2n) is 7.24. The molecule has 0 aliphatic carbocycles. The van der Waals surface area contributed by atoms with E-state index in [2.05, 4.69) is 15.2 Å². The number of ether oxygens (including phenoxy) is 1. The zero-order chi connectivity index (χ0) is 23.2. The van der Waals surface area contributed by atoms with Gasteiger partial charge in [-0.25, -0.2) is 4.39 Å². The third kappa shape index (κ3) is 5.38.